The van der Waals surface area contributed by atoms with Crippen LogP contribution in [0, 0.1) is 0 Å². The number of aromatic nitrogens is 4. The number of hydrogen-bond acceptors (Lipinski definition) is 2. The fraction of sp³-hybridized carbons (Fsp3) is 0.0545. The number of benzene rings is 8. The molecule has 3 heterocycles. The molecule has 0 N–H and O–H groups in total. The van der Waals surface area contributed by atoms with Crippen LogP contribution in [0.15, 0.2) is 194 Å². The molecule has 0 atom stereocenters. The normalized spacial score (nSPS) is 13.1. The van der Waals surface area contributed by atoms with Crippen molar-refractivity contribution >= 4 is 43.6 Å². The lowest BCUT2D eigenvalue weighted by Gasteiger charge is -2.22. The summed E-state index contributed by atoms with van der Waals surface area (Å²) in [6.07, 6.45) is 0. The van der Waals surface area contributed by atoms with Crippen LogP contribution in [0.25, 0.3) is 100 Å². The van der Waals surface area contributed by atoms with Gasteiger partial charge in [0.25, 0.3) is 0 Å². The highest BCUT2D eigenvalue weighted by molar-refractivity contribution is 6.23. The van der Waals surface area contributed by atoms with Crippen LogP contribution in [-0.4, -0.2) is 19.1 Å². The Hall–Kier alpha value is -7.56. The Morgan fingerprint density at radius 2 is 0.864 bits per heavy atom. The molecule has 3 aromatic heterocycles. The number of hydrogen-bond donors (Lipinski definition) is 0. The van der Waals surface area contributed by atoms with Gasteiger partial charge < -0.3 is 9.13 Å². The number of nitrogens with zero attached hydrogens (tertiary/aromatic N) is 4. The summed E-state index contributed by atoms with van der Waals surface area (Å²) in [6, 6.07) is 69.9. The molecule has 1 aliphatic rings. The summed E-state index contributed by atoms with van der Waals surface area (Å²) in [7, 11) is 0. The molecule has 0 fully saturated rings. The smallest absolute Gasteiger partial charge is 0.160 e. The Morgan fingerprint density at radius 3 is 1.51 bits per heavy atom. The van der Waals surface area contributed by atoms with Gasteiger partial charge in [0.05, 0.1) is 33.5 Å². The monoisotopic (exact) mass is 754 g/mol. The Labute approximate surface area is 342 Å². The van der Waals surface area contributed by atoms with Crippen LogP contribution in [0.3, 0.4) is 0 Å². The number of rotatable bonds is 5. The third-order valence-corrected chi connectivity index (χ3v) is 12.5. The average Bonchev–Trinajstić information content (AvgIpc) is 3.90. The van der Waals surface area contributed by atoms with Gasteiger partial charge in [-0.3, -0.25) is 0 Å². The first-order chi connectivity index (χ1) is 29.0. The zero-order valence-corrected chi connectivity index (χ0v) is 32.8. The van der Waals surface area contributed by atoms with Gasteiger partial charge in [0, 0.05) is 55.0 Å². The third kappa shape index (κ3) is 5.03. The second kappa shape index (κ2) is 12.7. The van der Waals surface area contributed by atoms with Crippen LogP contribution in [0.1, 0.15) is 25.0 Å². The molecular formula is C55H38N4. The van der Waals surface area contributed by atoms with Crippen molar-refractivity contribution in [2.24, 2.45) is 0 Å². The van der Waals surface area contributed by atoms with Crippen molar-refractivity contribution < 1.29 is 0 Å². The Kier molecular flexibility index (Phi) is 7.24. The van der Waals surface area contributed by atoms with Crippen LogP contribution in [0.5, 0.6) is 0 Å². The van der Waals surface area contributed by atoms with E-state index in [0.29, 0.717) is 5.82 Å². The van der Waals surface area contributed by atoms with Gasteiger partial charge in [-0.15, -0.1) is 0 Å². The first-order valence-corrected chi connectivity index (χ1v) is 20.3. The van der Waals surface area contributed by atoms with E-state index < -0.39 is 0 Å². The van der Waals surface area contributed by atoms with Crippen molar-refractivity contribution in [3.8, 4) is 56.4 Å². The Balaban J connectivity index is 1.08. The summed E-state index contributed by atoms with van der Waals surface area (Å²) < 4.78 is 4.97. The van der Waals surface area contributed by atoms with Crippen molar-refractivity contribution in [2.75, 3.05) is 0 Å². The zero-order valence-electron chi connectivity index (χ0n) is 32.8. The summed E-state index contributed by atoms with van der Waals surface area (Å²) in [5.74, 6) is 0.711. The van der Waals surface area contributed by atoms with Gasteiger partial charge in [-0.25, -0.2) is 9.97 Å². The summed E-state index contributed by atoms with van der Waals surface area (Å²) >= 11 is 0. The molecule has 278 valence electrons. The first kappa shape index (κ1) is 33.6. The predicted octanol–water partition coefficient (Wildman–Crippen LogP) is 14.0. The van der Waals surface area contributed by atoms with Crippen LogP contribution in [-0.2, 0) is 5.41 Å². The molecule has 1 aliphatic carbocycles. The molecular weight excluding hydrogens is 717 g/mol. The Morgan fingerprint density at radius 1 is 0.373 bits per heavy atom. The molecule has 0 radical (unpaired) electrons. The van der Waals surface area contributed by atoms with Crippen LogP contribution in [0.4, 0.5) is 0 Å². The van der Waals surface area contributed by atoms with E-state index in [-0.39, 0.29) is 5.41 Å². The first-order valence-electron chi connectivity index (χ1n) is 20.3. The van der Waals surface area contributed by atoms with Crippen LogP contribution < -0.4 is 0 Å². The summed E-state index contributed by atoms with van der Waals surface area (Å²) in [5, 5.41) is 4.93. The van der Waals surface area contributed by atoms with E-state index in [2.05, 4.69) is 193 Å². The predicted molar refractivity (Wildman–Crippen MR) is 245 cm³/mol. The minimum absolute atomic E-state index is 0.111. The molecule has 59 heavy (non-hydrogen) atoms. The van der Waals surface area contributed by atoms with E-state index >= 15 is 0 Å². The molecule has 0 amide bonds. The fourth-order valence-electron chi connectivity index (χ4n) is 9.72. The lowest BCUT2D eigenvalue weighted by molar-refractivity contribution is 0.660. The van der Waals surface area contributed by atoms with Crippen molar-refractivity contribution in [3.05, 3.63) is 205 Å². The third-order valence-electron chi connectivity index (χ3n) is 12.5. The van der Waals surface area contributed by atoms with E-state index in [1.807, 2.05) is 24.3 Å². The van der Waals surface area contributed by atoms with E-state index in [1.54, 1.807) is 0 Å². The quantitative estimate of drug-likeness (QED) is 0.175. The number of fused-ring (bicyclic) bond motifs is 10. The SMILES string of the molecule is CC1(C)c2ccccc2-c2ccc(-n3c4ccccc4c4ccc5c6ccccc6n(-c6ccc(-c7cc(-c8ccccc8)nc(-c8ccccc8)n7)cc6)c5c43)cc21. The van der Waals surface area contributed by atoms with E-state index in [0.717, 1.165) is 33.8 Å². The van der Waals surface area contributed by atoms with Gasteiger partial charge >= 0.3 is 0 Å². The fourth-order valence-corrected chi connectivity index (χ4v) is 9.72. The maximum Gasteiger partial charge on any atom is 0.160 e. The molecule has 4 heteroatoms. The molecule has 0 aliphatic heterocycles. The van der Waals surface area contributed by atoms with E-state index in [4.69, 9.17) is 9.97 Å². The standard InChI is InChI=1S/C55H38N4/c1-55(2)46-22-12-9-19-40(46)41-30-29-39(33-47(41)55)59-51-24-14-11-21-43(51)45-32-31-44-42-20-10-13-23-50(42)58(52(44)53(45)59)38-27-25-36(26-28-38)49-34-48(35-15-5-3-6-16-35)56-54(57-49)37-17-7-4-8-18-37/h3-34H,1-2H3. The summed E-state index contributed by atoms with van der Waals surface area (Å²) in [5.41, 5.74) is 17.2. The van der Waals surface area contributed by atoms with Gasteiger partial charge in [0.2, 0.25) is 0 Å². The van der Waals surface area contributed by atoms with E-state index in [9.17, 15) is 0 Å². The minimum atomic E-state index is -0.111. The highest BCUT2D eigenvalue weighted by atomic mass is 15.0. The molecule has 4 nitrogen and oxygen atoms in total. The lowest BCUT2D eigenvalue weighted by Crippen LogP contribution is -2.15. The maximum atomic E-state index is 5.13. The molecule has 0 unspecified atom stereocenters. The van der Waals surface area contributed by atoms with Gasteiger partial charge in [-0.05, 0) is 64.7 Å². The second-order valence-corrected chi connectivity index (χ2v) is 16.2. The molecule has 0 saturated carbocycles. The molecule has 0 bridgehead atoms. The van der Waals surface area contributed by atoms with Crippen molar-refractivity contribution in [2.45, 2.75) is 19.3 Å². The van der Waals surface area contributed by atoms with E-state index in [1.165, 1.54) is 71.6 Å². The molecule has 11 aromatic rings. The molecule has 12 rings (SSSR count). The Bertz CT molecular complexity index is 3390. The van der Waals surface area contributed by atoms with Crippen molar-refractivity contribution in [1.29, 1.82) is 0 Å². The lowest BCUT2D eigenvalue weighted by atomic mass is 9.82. The highest BCUT2D eigenvalue weighted by Gasteiger charge is 2.35. The van der Waals surface area contributed by atoms with Crippen molar-refractivity contribution in [1.82, 2.24) is 19.1 Å². The molecule has 0 saturated heterocycles. The van der Waals surface area contributed by atoms with Gasteiger partial charge in [-0.1, -0.05) is 166 Å². The highest BCUT2D eigenvalue weighted by Crippen LogP contribution is 2.50. The van der Waals surface area contributed by atoms with Gasteiger partial charge in [-0.2, -0.15) is 0 Å². The number of para-hydroxylation sites is 2. The van der Waals surface area contributed by atoms with Crippen molar-refractivity contribution in [3.63, 3.8) is 0 Å². The average molecular weight is 755 g/mol. The van der Waals surface area contributed by atoms with Gasteiger partial charge in [0.1, 0.15) is 0 Å². The largest absolute Gasteiger partial charge is 0.307 e. The second-order valence-electron chi connectivity index (χ2n) is 16.2. The molecule has 0 spiro atoms. The maximum absolute atomic E-state index is 5.13. The zero-order chi connectivity index (χ0) is 39.2. The molecule has 8 aromatic carbocycles. The summed E-state index contributed by atoms with van der Waals surface area (Å²) in [6.45, 7) is 4.72. The van der Waals surface area contributed by atoms with Gasteiger partial charge in [0.15, 0.2) is 5.82 Å². The minimum Gasteiger partial charge on any atom is -0.307 e. The topological polar surface area (TPSA) is 35.6 Å². The summed E-state index contributed by atoms with van der Waals surface area (Å²) in [4.78, 5) is 10.2. The van der Waals surface area contributed by atoms with Crippen LogP contribution in [0.2, 0.25) is 0 Å². The van der Waals surface area contributed by atoms with Crippen LogP contribution >= 0.6 is 0 Å².